The molecule has 2 rings (SSSR count). The second-order valence-electron chi connectivity index (χ2n) is 5.69. The first-order valence-electron chi connectivity index (χ1n) is 8.10. The predicted molar refractivity (Wildman–Crippen MR) is 88.5 cm³/mol. The van der Waals surface area contributed by atoms with Gasteiger partial charge in [-0.15, -0.1) is 0 Å². The van der Waals surface area contributed by atoms with Crippen LogP contribution in [0.1, 0.15) is 53.9 Å². The molecule has 1 aromatic carbocycles. The molecule has 2 aromatic rings. The fraction of sp³-hybridized carbons (Fsp3) is 0.444. The van der Waals surface area contributed by atoms with Crippen LogP contribution in [-0.2, 0) is 6.42 Å². The molecule has 5 heteroatoms. The van der Waals surface area contributed by atoms with Gasteiger partial charge in [0.05, 0.1) is 12.3 Å². The van der Waals surface area contributed by atoms with E-state index in [1.54, 1.807) is 24.3 Å². The van der Waals surface area contributed by atoms with Gasteiger partial charge >= 0.3 is 0 Å². The largest absolute Gasteiger partial charge is 0.494 e. The number of hydrogen-bond acceptors (Lipinski definition) is 4. The molecule has 0 saturated heterocycles. The molecule has 0 spiro atoms. The van der Waals surface area contributed by atoms with Gasteiger partial charge in [-0.3, -0.25) is 4.79 Å². The summed E-state index contributed by atoms with van der Waals surface area (Å²) >= 11 is 0. The van der Waals surface area contributed by atoms with E-state index in [-0.39, 0.29) is 0 Å². The number of aryl methyl sites for hydroxylation is 2. The van der Waals surface area contributed by atoms with Gasteiger partial charge in [0.25, 0.3) is 0 Å². The highest BCUT2D eigenvalue weighted by Gasteiger charge is 2.01. The minimum absolute atomic E-state index is 0.419. The number of nitrogens with zero attached hydrogens (tertiary/aromatic N) is 1. The van der Waals surface area contributed by atoms with Crippen LogP contribution >= 0.6 is 0 Å². The third-order valence-electron chi connectivity index (χ3n) is 3.65. The zero-order valence-electron chi connectivity index (χ0n) is 13.6. The van der Waals surface area contributed by atoms with Gasteiger partial charge in [-0.05, 0) is 44.0 Å². The summed E-state index contributed by atoms with van der Waals surface area (Å²) in [6.07, 6.45) is 6.64. The van der Waals surface area contributed by atoms with Crippen molar-refractivity contribution in [3.8, 4) is 5.75 Å². The van der Waals surface area contributed by atoms with Crippen LogP contribution in [0.3, 0.4) is 0 Å². The number of amides is 1. The smallest absolute Gasteiger partial charge is 0.248 e. The summed E-state index contributed by atoms with van der Waals surface area (Å²) in [6, 6.07) is 8.92. The van der Waals surface area contributed by atoms with Crippen molar-refractivity contribution in [2.24, 2.45) is 5.73 Å². The Kier molecular flexibility index (Phi) is 6.66. The average Bonchev–Trinajstić information content (AvgIpc) is 2.96. The fourth-order valence-corrected chi connectivity index (χ4v) is 2.37. The second kappa shape index (κ2) is 8.98. The SMILES string of the molecule is Cc1cc(CCCCCCCOc2ccc(C(N)=O)cc2)on1. The molecular weight excluding hydrogens is 292 g/mol. The summed E-state index contributed by atoms with van der Waals surface area (Å²) in [4.78, 5) is 11.0. The fourth-order valence-electron chi connectivity index (χ4n) is 2.37. The number of ether oxygens (including phenoxy) is 1. The molecule has 1 amide bonds. The van der Waals surface area contributed by atoms with Crippen molar-refractivity contribution in [3.05, 3.63) is 47.3 Å². The van der Waals surface area contributed by atoms with Gasteiger partial charge in [-0.25, -0.2) is 0 Å². The highest BCUT2D eigenvalue weighted by Crippen LogP contribution is 2.13. The van der Waals surface area contributed by atoms with Gasteiger partial charge in [-0.2, -0.15) is 0 Å². The molecule has 0 aliphatic carbocycles. The van der Waals surface area contributed by atoms with E-state index in [1.165, 1.54) is 12.8 Å². The molecule has 1 heterocycles. The zero-order valence-corrected chi connectivity index (χ0v) is 13.6. The molecule has 5 nitrogen and oxygen atoms in total. The minimum atomic E-state index is -0.419. The molecule has 0 atom stereocenters. The van der Waals surface area contributed by atoms with Crippen LogP contribution in [0.25, 0.3) is 0 Å². The molecule has 0 fully saturated rings. The molecule has 0 radical (unpaired) electrons. The van der Waals surface area contributed by atoms with Gasteiger partial charge in [0.1, 0.15) is 11.5 Å². The highest BCUT2D eigenvalue weighted by molar-refractivity contribution is 5.92. The number of unbranched alkanes of at least 4 members (excludes halogenated alkanes) is 4. The van der Waals surface area contributed by atoms with E-state index in [2.05, 4.69) is 5.16 Å². The number of hydrogen-bond donors (Lipinski definition) is 1. The minimum Gasteiger partial charge on any atom is -0.494 e. The number of carbonyl (C=O) groups is 1. The molecule has 0 unspecified atom stereocenters. The molecule has 2 N–H and O–H groups in total. The van der Waals surface area contributed by atoms with Crippen molar-refractivity contribution in [1.29, 1.82) is 0 Å². The van der Waals surface area contributed by atoms with Gasteiger partial charge in [0.15, 0.2) is 0 Å². The Morgan fingerprint density at radius 2 is 1.83 bits per heavy atom. The lowest BCUT2D eigenvalue weighted by Gasteiger charge is -2.06. The third-order valence-corrected chi connectivity index (χ3v) is 3.65. The van der Waals surface area contributed by atoms with Crippen LogP contribution < -0.4 is 10.5 Å². The summed E-state index contributed by atoms with van der Waals surface area (Å²) in [7, 11) is 0. The summed E-state index contributed by atoms with van der Waals surface area (Å²) in [5.41, 5.74) is 6.64. The van der Waals surface area contributed by atoms with Crippen molar-refractivity contribution in [2.45, 2.75) is 45.4 Å². The van der Waals surface area contributed by atoms with Gasteiger partial charge < -0.3 is 15.0 Å². The van der Waals surface area contributed by atoms with E-state index in [0.29, 0.717) is 12.2 Å². The highest BCUT2D eigenvalue weighted by atomic mass is 16.5. The van der Waals surface area contributed by atoms with Crippen LogP contribution in [-0.4, -0.2) is 17.7 Å². The quantitative estimate of drug-likeness (QED) is 0.679. The average molecular weight is 316 g/mol. The number of benzene rings is 1. The number of carbonyl (C=O) groups excluding carboxylic acids is 1. The standard InChI is InChI=1S/C18H24N2O3/c1-14-13-17(23-20-14)7-5-3-2-4-6-12-22-16-10-8-15(9-11-16)18(19)21/h8-11,13H,2-7,12H2,1H3,(H2,19,21). The first kappa shape index (κ1) is 17.1. The molecule has 0 bridgehead atoms. The third kappa shape index (κ3) is 6.14. The maximum atomic E-state index is 11.0. The predicted octanol–water partition coefficient (Wildman–Crippen LogP) is 3.65. The lowest BCUT2D eigenvalue weighted by molar-refractivity contribution is 0.100. The Hall–Kier alpha value is -2.30. The van der Waals surface area contributed by atoms with Gasteiger partial charge in [0, 0.05) is 18.1 Å². The molecule has 0 aliphatic rings. The van der Waals surface area contributed by atoms with Crippen molar-refractivity contribution < 1.29 is 14.1 Å². The normalized spacial score (nSPS) is 10.7. The summed E-state index contributed by atoms with van der Waals surface area (Å²) in [5.74, 6) is 1.33. The monoisotopic (exact) mass is 316 g/mol. The van der Waals surface area contributed by atoms with Crippen molar-refractivity contribution in [1.82, 2.24) is 5.16 Å². The lowest BCUT2D eigenvalue weighted by Crippen LogP contribution is -2.10. The Balaban J connectivity index is 1.50. The zero-order chi connectivity index (χ0) is 16.5. The topological polar surface area (TPSA) is 78.4 Å². The molecule has 0 saturated carbocycles. The van der Waals surface area contributed by atoms with Crippen LogP contribution in [0.4, 0.5) is 0 Å². The van der Waals surface area contributed by atoms with E-state index < -0.39 is 5.91 Å². The van der Waals surface area contributed by atoms with Crippen LogP contribution in [0.15, 0.2) is 34.9 Å². The van der Waals surface area contributed by atoms with E-state index >= 15 is 0 Å². The Labute approximate surface area is 136 Å². The van der Waals surface area contributed by atoms with E-state index in [1.807, 2.05) is 13.0 Å². The van der Waals surface area contributed by atoms with Gasteiger partial charge in [-0.1, -0.05) is 24.4 Å². The number of primary amides is 1. The Morgan fingerprint density at radius 3 is 2.48 bits per heavy atom. The van der Waals surface area contributed by atoms with Crippen molar-refractivity contribution in [2.75, 3.05) is 6.61 Å². The first-order valence-corrected chi connectivity index (χ1v) is 8.10. The van der Waals surface area contributed by atoms with Crippen LogP contribution in [0, 0.1) is 6.92 Å². The second-order valence-corrected chi connectivity index (χ2v) is 5.69. The van der Waals surface area contributed by atoms with Crippen LogP contribution in [0.5, 0.6) is 5.75 Å². The van der Waals surface area contributed by atoms with Crippen molar-refractivity contribution >= 4 is 5.91 Å². The van der Waals surface area contributed by atoms with E-state index in [4.69, 9.17) is 15.0 Å². The number of rotatable bonds is 10. The molecule has 124 valence electrons. The van der Waals surface area contributed by atoms with Gasteiger partial charge in [0.2, 0.25) is 5.91 Å². The summed E-state index contributed by atoms with van der Waals surface area (Å²) in [6.45, 7) is 2.63. The summed E-state index contributed by atoms with van der Waals surface area (Å²) < 4.78 is 10.8. The molecule has 0 aliphatic heterocycles. The first-order chi connectivity index (χ1) is 11.1. The maximum Gasteiger partial charge on any atom is 0.248 e. The van der Waals surface area contributed by atoms with Crippen LogP contribution in [0.2, 0.25) is 0 Å². The molecule has 23 heavy (non-hydrogen) atoms. The van der Waals surface area contributed by atoms with E-state index in [0.717, 1.165) is 42.9 Å². The maximum absolute atomic E-state index is 11.0. The Morgan fingerprint density at radius 1 is 1.13 bits per heavy atom. The number of aromatic nitrogens is 1. The van der Waals surface area contributed by atoms with Crippen molar-refractivity contribution in [3.63, 3.8) is 0 Å². The molecular formula is C18H24N2O3. The lowest BCUT2D eigenvalue weighted by atomic mass is 10.1. The summed E-state index contributed by atoms with van der Waals surface area (Å²) in [5, 5.41) is 3.88. The molecule has 1 aromatic heterocycles. The van der Waals surface area contributed by atoms with E-state index in [9.17, 15) is 4.79 Å². The number of nitrogens with two attached hydrogens (primary N) is 1. The Bertz CT molecular complexity index is 605.